The molecule has 9 atom stereocenters. The van der Waals surface area contributed by atoms with Gasteiger partial charge in [-0.3, -0.25) is 0 Å². The van der Waals surface area contributed by atoms with Crippen molar-refractivity contribution < 1.29 is 24.9 Å². The van der Waals surface area contributed by atoms with Gasteiger partial charge < -0.3 is 20.1 Å². The fourth-order valence-electron chi connectivity index (χ4n) is 8.86. The monoisotopic (exact) mass is 430 g/mol. The first-order valence-electron chi connectivity index (χ1n) is 12.2. The summed E-state index contributed by atoms with van der Waals surface area (Å²) < 4.78 is 5.39. The summed E-state index contributed by atoms with van der Waals surface area (Å²) >= 11 is 0. The summed E-state index contributed by atoms with van der Waals surface area (Å²) in [6.45, 7) is 8.48. The number of aliphatic hydroxyl groups is 3. The van der Waals surface area contributed by atoms with Crippen molar-refractivity contribution in [3.63, 3.8) is 0 Å². The van der Waals surface area contributed by atoms with Crippen molar-refractivity contribution in [1.82, 2.24) is 0 Å². The summed E-state index contributed by atoms with van der Waals surface area (Å²) in [5.74, 6) is 0.578. The fraction of sp³-hybridized carbons (Fsp3) is 0.808. The van der Waals surface area contributed by atoms with Crippen molar-refractivity contribution >= 4 is 5.97 Å². The third-order valence-electron chi connectivity index (χ3n) is 10.7. The molecule has 5 rings (SSSR count). The molecule has 1 heterocycles. The summed E-state index contributed by atoms with van der Waals surface area (Å²) in [4.78, 5) is 12.3. The molecule has 0 saturated heterocycles. The van der Waals surface area contributed by atoms with E-state index in [2.05, 4.69) is 20.4 Å². The number of aliphatic hydroxyl groups excluding tert-OH is 2. The number of hydrogen-bond acceptors (Lipinski definition) is 5. The molecule has 5 aliphatic rings. The minimum absolute atomic E-state index is 0.0476. The van der Waals surface area contributed by atoms with Crippen LogP contribution in [0, 0.1) is 34.5 Å². The average Bonchev–Trinajstić information content (AvgIpc) is 3.22. The van der Waals surface area contributed by atoms with Gasteiger partial charge in [0, 0.05) is 11.0 Å². The first-order valence-corrected chi connectivity index (χ1v) is 12.2. The molecule has 0 aromatic carbocycles. The Morgan fingerprint density at radius 2 is 1.87 bits per heavy atom. The number of carbonyl (C=O) groups excluding carboxylic acids is 1. The Bertz CT molecular complexity index is 819. The Hall–Kier alpha value is -1.17. The number of cyclic esters (lactones) is 1. The van der Waals surface area contributed by atoms with Crippen LogP contribution in [-0.2, 0) is 9.53 Å². The lowest BCUT2D eigenvalue weighted by Crippen LogP contribution is -2.67. The molecule has 1 aliphatic heterocycles. The van der Waals surface area contributed by atoms with Crippen LogP contribution in [0.5, 0.6) is 0 Å². The second-order valence-electron chi connectivity index (χ2n) is 11.5. The molecule has 0 radical (unpaired) electrons. The quantitative estimate of drug-likeness (QED) is 0.471. The SMILES string of the molecule is C=CCC1=C([C@H]2CC[C@]3(O)[C@@H]4CC[C@@H]5C[C@@H](O)CC[C@]5(C)[C@H]4C[C@@H](O)[C@]23C)COC1=O. The second kappa shape index (κ2) is 7.16. The van der Waals surface area contributed by atoms with Crippen LogP contribution in [0.2, 0.25) is 0 Å². The normalized spacial score (nSPS) is 51.7. The molecule has 4 saturated carbocycles. The molecule has 0 bridgehead atoms. The Balaban J connectivity index is 1.52. The molecule has 4 fully saturated rings. The summed E-state index contributed by atoms with van der Waals surface area (Å²) in [6, 6.07) is 0. The number of hydrogen-bond donors (Lipinski definition) is 3. The molecule has 0 spiro atoms. The predicted octanol–water partition coefficient (Wildman–Crippen LogP) is 3.52. The van der Waals surface area contributed by atoms with E-state index in [-0.39, 0.29) is 41.8 Å². The third kappa shape index (κ3) is 2.75. The molecule has 5 nitrogen and oxygen atoms in total. The van der Waals surface area contributed by atoms with Crippen LogP contribution in [0.1, 0.15) is 71.6 Å². The topological polar surface area (TPSA) is 87.0 Å². The van der Waals surface area contributed by atoms with Crippen molar-refractivity contribution in [2.24, 2.45) is 34.5 Å². The molecular formula is C26H38O5. The van der Waals surface area contributed by atoms with E-state index in [1.807, 2.05) is 0 Å². The Morgan fingerprint density at radius 3 is 2.61 bits per heavy atom. The maximum absolute atomic E-state index is 12.3. The zero-order chi connectivity index (χ0) is 22.2. The summed E-state index contributed by atoms with van der Waals surface area (Å²) in [5.41, 5.74) is 0.0968. The van der Waals surface area contributed by atoms with Gasteiger partial charge in [-0.2, -0.15) is 0 Å². The number of allylic oxidation sites excluding steroid dienone is 1. The van der Waals surface area contributed by atoms with Gasteiger partial charge in [-0.1, -0.05) is 19.9 Å². The first-order chi connectivity index (χ1) is 14.7. The van der Waals surface area contributed by atoms with E-state index in [1.165, 1.54) is 0 Å². The summed E-state index contributed by atoms with van der Waals surface area (Å²) in [6.07, 6.45) is 8.16. The number of fused-ring (bicyclic) bond motifs is 5. The van der Waals surface area contributed by atoms with Gasteiger partial charge in [0.25, 0.3) is 0 Å². The first kappa shape index (κ1) is 21.7. The van der Waals surface area contributed by atoms with Gasteiger partial charge in [0.15, 0.2) is 0 Å². The van der Waals surface area contributed by atoms with E-state index in [1.54, 1.807) is 6.08 Å². The highest BCUT2D eigenvalue weighted by atomic mass is 16.5. The van der Waals surface area contributed by atoms with Crippen molar-refractivity contribution in [1.29, 1.82) is 0 Å². The van der Waals surface area contributed by atoms with Gasteiger partial charge in [-0.05, 0) is 92.4 Å². The van der Waals surface area contributed by atoms with Crippen LogP contribution < -0.4 is 0 Å². The summed E-state index contributed by atoms with van der Waals surface area (Å²) in [7, 11) is 0. The lowest BCUT2D eigenvalue weighted by atomic mass is 9.42. The number of carbonyl (C=O) groups is 1. The predicted molar refractivity (Wildman–Crippen MR) is 117 cm³/mol. The zero-order valence-corrected chi connectivity index (χ0v) is 19.0. The van der Waals surface area contributed by atoms with Crippen molar-refractivity contribution in [3.05, 3.63) is 23.8 Å². The van der Waals surface area contributed by atoms with Gasteiger partial charge >= 0.3 is 5.97 Å². The van der Waals surface area contributed by atoms with Crippen LogP contribution in [0.4, 0.5) is 0 Å². The Morgan fingerprint density at radius 1 is 1.10 bits per heavy atom. The maximum Gasteiger partial charge on any atom is 0.334 e. The largest absolute Gasteiger partial charge is 0.458 e. The third-order valence-corrected chi connectivity index (χ3v) is 10.7. The molecule has 0 unspecified atom stereocenters. The molecule has 0 amide bonds. The molecule has 5 heteroatoms. The Kier molecular flexibility index (Phi) is 5.01. The van der Waals surface area contributed by atoms with Crippen LogP contribution in [0.15, 0.2) is 23.8 Å². The smallest absolute Gasteiger partial charge is 0.334 e. The molecule has 0 aromatic rings. The second-order valence-corrected chi connectivity index (χ2v) is 11.5. The van der Waals surface area contributed by atoms with E-state index in [4.69, 9.17) is 4.74 Å². The highest BCUT2D eigenvalue weighted by Crippen LogP contribution is 2.70. The van der Waals surface area contributed by atoms with E-state index in [0.717, 1.165) is 44.1 Å². The number of esters is 1. The summed E-state index contributed by atoms with van der Waals surface area (Å²) in [5, 5.41) is 34.2. The molecule has 31 heavy (non-hydrogen) atoms. The van der Waals surface area contributed by atoms with Crippen LogP contribution in [-0.4, -0.2) is 45.7 Å². The van der Waals surface area contributed by atoms with Crippen molar-refractivity contribution in [2.75, 3.05) is 6.61 Å². The minimum atomic E-state index is -0.942. The lowest BCUT2D eigenvalue weighted by Gasteiger charge is -2.65. The number of ether oxygens (including phenoxy) is 1. The van der Waals surface area contributed by atoms with E-state index in [9.17, 15) is 20.1 Å². The lowest BCUT2D eigenvalue weighted by molar-refractivity contribution is -0.245. The molecule has 0 aromatic heterocycles. The van der Waals surface area contributed by atoms with Gasteiger partial charge in [-0.15, -0.1) is 6.58 Å². The fourth-order valence-corrected chi connectivity index (χ4v) is 8.86. The average molecular weight is 431 g/mol. The van der Waals surface area contributed by atoms with Crippen LogP contribution in [0.25, 0.3) is 0 Å². The standard InChI is InChI=1S/C26H38O5/c1-4-5-17-18(14-31-23(17)29)19-9-11-26(30)20-7-6-15-12-16(27)8-10-24(15,2)21(20)13-22(28)25(19,26)3/h4,15-16,19-22,27-28,30H,1,5-14H2,2-3H3/t15-,16+,19-,20-,21+,22-,24+,25+,26+/m1/s1. The maximum atomic E-state index is 12.3. The van der Waals surface area contributed by atoms with Crippen LogP contribution >= 0.6 is 0 Å². The van der Waals surface area contributed by atoms with Gasteiger partial charge in [-0.25, -0.2) is 4.79 Å². The van der Waals surface area contributed by atoms with Crippen LogP contribution in [0.3, 0.4) is 0 Å². The molecular weight excluding hydrogens is 392 g/mol. The van der Waals surface area contributed by atoms with Gasteiger partial charge in [0.1, 0.15) is 6.61 Å². The zero-order valence-electron chi connectivity index (χ0n) is 19.0. The number of rotatable bonds is 3. The van der Waals surface area contributed by atoms with Gasteiger partial charge in [0.2, 0.25) is 0 Å². The van der Waals surface area contributed by atoms with Gasteiger partial charge in [0.05, 0.1) is 17.8 Å². The van der Waals surface area contributed by atoms with E-state index >= 15 is 0 Å². The van der Waals surface area contributed by atoms with Crippen molar-refractivity contribution in [2.45, 2.75) is 89.4 Å². The molecule has 172 valence electrons. The van der Waals surface area contributed by atoms with E-state index < -0.39 is 17.1 Å². The molecule has 4 aliphatic carbocycles. The van der Waals surface area contributed by atoms with Crippen molar-refractivity contribution in [3.8, 4) is 0 Å². The highest BCUT2D eigenvalue weighted by Gasteiger charge is 2.71. The highest BCUT2D eigenvalue weighted by molar-refractivity contribution is 5.92. The molecule has 3 N–H and O–H groups in total. The minimum Gasteiger partial charge on any atom is -0.458 e. The Labute approximate surface area is 185 Å². The van der Waals surface area contributed by atoms with E-state index in [0.29, 0.717) is 30.8 Å².